The first-order valence-electron chi connectivity index (χ1n) is 11.0. The number of nitrogens with zero attached hydrogens (tertiary/aromatic N) is 2. The fourth-order valence-corrected chi connectivity index (χ4v) is 7.24. The molecule has 160 valence electrons. The Balaban J connectivity index is 1.53. The van der Waals surface area contributed by atoms with Crippen molar-refractivity contribution < 1.29 is 9.18 Å². The molecule has 1 aromatic heterocycles. The molecule has 1 heterocycles. The highest BCUT2D eigenvalue weighted by atomic mass is 35.5. The van der Waals surface area contributed by atoms with Crippen molar-refractivity contribution in [1.82, 2.24) is 10.2 Å². The number of fused-ring (bicyclic) bond motifs is 1. The summed E-state index contributed by atoms with van der Waals surface area (Å²) in [5.74, 6) is 1.74. The van der Waals surface area contributed by atoms with Crippen LogP contribution < -0.4 is 10.6 Å². The van der Waals surface area contributed by atoms with E-state index in [1.165, 1.54) is 19.3 Å². The number of amides is 2. The molecule has 0 unspecified atom stereocenters. The minimum absolute atomic E-state index is 0.0364. The van der Waals surface area contributed by atoms with Gasteiger partial charge in [-0.3, -0.25) is 10.00 Å². The zero-order valence-electron chi connectivity index (χ0n) is 17.1. The van der Waals surface area contributed by atoms with Crippen LogP contribution in [0.5, 0.6) is 0 Å². The van der Waals surface area contributed by atoms with Crippen molar-refractivity contribution in [1.29, 1.82) is 0 Å². The van der Waals surface area contributed by atoms with Gasteiger partial charge in [0.05, 0.1) is 10.6 Å². The first-order valence-corrected chi connectivity index (χ1v) is 11.3. The van der Waals surface area contributed by atoms with Gasteiger partial charge in [0.1, 0.15) is 5.52 Å². The number of halogens is 2. The maximum atomic E-state index is 15.2. The lowest BCUT2D eigenvalue weighted by molar-refractivity contribution is -0.000385. The van der Waals surface area contributed by atoms with Crippen molar-refractivity contribution in [3.63, 3.8) is 0 Å². The van der Waals surface area contributed by atoms with Crippen molar-refractivity contribution in [3.05, 3.63) is 47.2 Å². The molecular weight excluding hydrogens is 415 g/mol. The van der Waals surface area contributed by atoms with Crippen LogP contribution in [0.25, 0.3) is 22.0 Å². The molecule has 7 rings (SSSR count). The van der Waals surface area contributed by atoms with Gasteiger partial charge in [0.2, 0.25) is 0 Å². The number of carbonyl (C=O) groups is 1. The number of H-pyrrole nitrogens is 1. The largest absolute Gasteiger partial charge is 0.351 e. The molecule has 4 bridgehead atoms. The maximum absolute atomic E-state index is 15.2. The highest BCUT2D eigenvalue weighted by molar-refractivity contribution is 6.34. The van der Waals surface area contributed by atoms with E-state index in [0.29, 0.717) is 34.5 Å². The van der Waals surface area contributed by atoms with E-state index < -0.39 is 11.8 Å². The summed E-state index contributed by atoms with van der Waals surface area (Å²) in [7, 11) is 0. The Morgan fingerprint density at radius 2 is 1.74 bits per heavy atom. The lowest BCUT2D eigenvalue weighted by atomic mass is 9.52. The van der Waals surface area contributed by atoms with E-state index in [1.807, 2.05) is 36.4 Å². The third-order valence-electron chi connectivity index (χ3n) is 7.72. The van der Waals surface area contributed by atoms with Gasteiger partial charge in [-0.1, -0.05) is 41.9 Å². The number of rotatable bonds is 3. The molecule has 0 atom stereocenters. The van der Waals surface area contributed by atoms with E-state index >= 15 is 4.39 Å². The quantitative estimate of drug-likeness (QED) is 0.536. The van der Waals surface area contributed by atoms with Crippen molar-refractivity contribution >= 4 is 34.4 Å². The number of anilines is 1. The molecule has 4 aliphatic carbocycles. The molecule has 7 heteroatoms. The molecule has 0 spiro atoms. The number of aromatic amines is 1. The second-order valence-electron chi connectivity index (χ2n) is 9.70. The molecule has 5 nitrogen and oxygen atoms in total. The second-order valence-corrected chi connectivity index (χ2v) is 10.1. The van der Waals surface area contributed by atoms with Crippen molar-refractivity contribution in [2.75, 3.05) is 4.90 Å². The number of hydrogen-bond donors (Lipinski definition) is 2. The Labute approximate surface area is 184 Å². The molecule has 0 saturated heterocycles. The monoisotopic (exact) mass is 438 g/mol. The summed E-state index contributed by atoms with van der Waals surface area (Å²) in [5.41, 5.74) is 7.23. The molecule has 0 radical (unpaired) electrons. The minimum Gasteiger partial charge on any atom is -0.351 e. The molecule has 4 fully saturated rings. The third-order valence-corrected chi connectivity index (χ3v) is 8.09. The zero-order chi connectivity index (χ0) is 21.3. The van der Waals surface area contributed by atoms with Gasteiger partial charge < -0.3 is 5.73 Å². The molecule has 31 heavy (non-hydrogen) atoms. The summed E-state index contributed by atoms with van der Waals surface area (Å²) in [6.45, 7) is 0. The summed E-state index contributed by atoms with van der Waals surface area (Å²) in [5, 5.41) is 7.77. The van der Waals surface area contributed by atoms with Gasteiger partial charge in [0, 0.05) is 10.9 Å². The lowest BCUT2D eigenvalue weighted by Gasteiger charge is -2.59. The molecular formula is C24H24ClFN4O. The Bertz CT molecular complexity index is 1160. The average molecular weight is 439 g/mol. The van der Waals surface area contributed by atoms with E-state index in [2.05, 4.69) is 10.2 Å². The van der Waals surface area contributed by atoms with Crippen LogP contribution in [-0.2, 0) is 0 Å². The maximum Gasteiger partial charge on any atom is 0.321 e. The molecule has 2 amide bonds. The zero-order valence-corrected chi connectivity index (χ0v) is 17.8. The normalized spacial score (nSPS) is 28.9. The number of nitrogens with one attached hydrogen (secondary N) is 1. The third kappa shape index (κ3) is 2.80. The Morgan fingerprint density at radius 1 is 1.13 bits per heavy atom. The summed E-state index contributed by atoms with van der Waals surface area (Å²) >= 11 is 6.39. The summed E-state index contributed by atoms with van der Waals surface area (Å²) < 4.78 is 15.2. The number of nitrogens with two attached hydrogens (primary N) is 1. The standard InChI is InChI=1S/C24H24ClFN4O/c25-19-17(16-4-2-1-3-5-16)9-18-21(20(19)26)28-29-22(18)30(23(27)31)24-10-13-6-14(11-24)8-15(7-13)12-24/h1-5,9,13-15H,6-8,10-12H2,(H2,27,31)(H,28,29). The van der Waals surface area contributed by atoms with Gasteiger partial charge in [-0.05, 0) is 67.9 Å². The van der Waals surface area contributed by atoms with Crippen LogP contribution in [-0.4, -0.2) is 21.8 Å². The second kappa shape index (κ2) is 6.70. The van der Waals surface area contributed by atoms with Crippen molar-refractivity contribution in [2.24, 2.45) is 23.5 Å². The average Bonchev–Trinajstić information content (AvgIpc) is 3.13. The molecule has 3 aromatic rings. The van der Waals surface area contributed by atoms with Crippen LogP contribution >= 0.6 is 11.6 Å². The number of aromatic nitrogens is 2. The first kappa shape index (κ1) is 19.1. The highest BCUT2D eigenvalue weighted by Gasteiger charge is 2.55. The van der Waals surface area contributed by atoms with Crippen molar-refractivity contribution in [2.45, 2.75) is 44.1 Å². The fraction of sp³-hybridized carbons (Fsp3) is 0.417. The predicted molar refractivity (Wildman–Crippen MR) is 119 cm³/mol. The van der Waals surface area contributed by atoms with Gasteiger partial charge in [-0.15, -0.1) is 0 Å². The molecule has 2 aromatic carbocycles. The first-order chi connectivity index (χ1) is 14.9. The predicted octanol–water partition coefficient (Wildman–Crippen LogP) is 5.88. The van der Waals surface area contributed by atoms with Crippen LogP contribution in [0.15, 0.2) is 36.4 Å². The molecule has 4 saturated carbocycles. The number of carbonyl (C=O) groups excluding carboxylic acids is 1. The van der Waals surface area contributed by atoms with Crippen LogP contribution in [0.2, 0.25) is 5.02 Å². The van der Waals surface area contributed by atoms with E-state index in [0.717, 1.165) is 24.8 Å². The molecule has 0 aliphatic heterocycles. The van der Waals surface area contributed by atoms with E-state index in [9.17, 15) is 4.79 Å². The fourth-order valence-electron chi connectivity index (χ4n) is 6.98. The van der Waals surface area contributed by atoms with Gasteiger partial charge in [0.15, 0.2) is 11.6 Å². The van der Waals surface area contributed by atoms with Crippen molar-refractivity contribution in [3.8, 4) is 11.1 Å². The Hall–Kier alpha value is -2.60. The smallest absolute Gasteiger partial charge is 0.321 e. The van der Waals surface area contributed by atoms with E-state index in [-0.39, 0.29) is 16.1 Å². The Kier molecular flexibility index (Phi) is 4.13. The SMILES string of the molecule is NC(=O)N(c1n[nH]c2c(F)c(Cl)c(-c3ccccc3)cc12)C12CC3CC(CC(C3)C1)C2. The summed E-state index contributed by atoms with van der Waals surface area (Å²) in [4.78, 5) is 14.5. The van der Waals surface area contributed by atoms with E-state index in [1.54, 1.807) is 4.90 Å². The summed E-state index contributed by atoms with van der Waals surface area (Å²) in [6, 6.07) is 10.7. The lowest BCUT2D eigenvalue weighted by Crippen LogP contribution is -2.63. The van der Waals surface area contributed by atoms with E-state index in [4.69, 9.17) is 17.3 Å². The number of benzene rings is 2. The highest BCUT2D eigenvalue weighted by Crippen LogP contribution is 2.58. The molecule has 4 aliphatic rings. The van der Waals surface area contributed by atoms with Crippen LogP contribution in [0.3, 0.4) is 0 Å². The number of hydrogen-bond acceptors (Lipinski definition) is 2. The Morgan fingerprint density at radius 3 is 2.32 bits per heavy atom. The number of urea groups is 1. The van der Waals surface area contributed by atoms with Gasteiger partial charge in [-0.25, -0.2) is 9.18 Å². The van der Waals surface area contributed by atoms with Gasteiger partial charge >= 0.3 is 6.03 Å². The van der Waals surface area contributed by atoms with Gasteiger partial charge in [-0.2, -0.15) is 5.10 Å². The van der Waals surface area contributed by atoms with Gasteiger partial charge in [0.25, 0.3) is 0 Å². The number of primary amides is 1. The van der Waals surface area contributed by atoms with Crippen LogP contribution in [0.1, 0.15) is 38.5 Å². The molecule has 3 N–H and O–H groups in total. The minimum atomic E-state index is -0.563. The van der Waals surface area contributed by atoms with Crippen LogP contribution in [0, 0.1) is 23.6 Å². The van der Waals surface area contributed by atoms with Crippen LogP contribution in [0.4, 0.5) is 15.0 Å². The topological polar surface area (TPSA) is 75.0 Å². The summed E-state index contributed by atoms with van der Waals surface area (Å²) in [6.07, 6.45) is 6.56.